The van der Waals surface area contributed by atoms with Crippen LogP contribution in [-0.4, -0.2) is 10.1 Å². The second kappa shape index (κ2) is 2.09. The van der Waals surface area contributed by atoms with E-state index in [0.29, 0.717) is 5.01 Å². The monoisotopic (exact) mass is 133 g/mol. The largest absolute Gasteiger partial charge is 0.493 e. The maximum atomic E-state index is 11.6. The highest BCUT2D eigenvalue weighted by molar-refractivity contribution is 7.09. The molecular formula is C4H4FNOS. The van der Waals surface area contributed by atoms with Gasteiger partial charge in [-0.15, -0.1) is 11.3 Å². The van der Waals surface area contributed by atoms with Crippen molar-refractivity contribution >= 4 is 11.3 Å². The summed E-state index contributed by atoms with van der Waals surface area (Å²) in [5.74, 6) is -0.0948. The molecule has 0 aromatic carbocycles. The van der Waals surface area contributed by atoms with Crippen LogP contribution in [0.5, 0.6) is 5.88 Å². The first-order chi connectivity index (χ1) is 3.83. The summed E-state index contributed by atoms with van der Waals surface area (Å²) in [4.78, 5) is 3.43. The number of thiazole rings is 1. The predicted molar refractivity (Wildman–Crippen MR) is 28.6 cm³/mol. The van der Waals surface area contributed by atoms with E-state index in [4.69, 9.17) is 5.11 Å². The zero-order valence-corrected chi connectivity index (χ0v) is 4.78. The zero-order valence-electron chi connectivity index (χ0n) is 3.97. The fourth-order valence-corrected chi connectivity index (χ4v) is 0.866. The lowest BCUT2D eigenvalue weighted by Crippen LogP contribution is -1.70. The third-order valence-electron chi connectivity index (χ3n) is 0.654. The van der Waals surface area contributed by atoms with Crippen molar-refractivity contribution in [1.29, 1.82) is 0 Å². The molecule has 0 atom stereocenters. The Morgan fingerprint density at radius 1 is 1.88 bits per heavy atom. The van der Waals surface area contributed by atoms with Gasteiger partial charge in [0.15, 0.2) is 0 Å². The van der Waals surface area contributed by atoms with Crippen LogP contribution in [0.4, 0.5) is 4.39 Å². The van der Waals surface area contributed by atoms with Gasteiger partial charge >= 0.3 is 0 Å². The SMILES string of the molecule is Oc1csc(CF)n1. The molecule has 0 fully saturated rings. The number of alkyl halides is 1. The van der Waals surface area contributed by atoms with Gasteiger partial charge in [-0.05, 0) is 0 Å². The lowest BCUT2D eigenvalue weighted by atomic mass is 10.8. The van der Waals surface area contributed by atoms with Crippen LogP contribution in [0.15, 0.2) is 5.38 Å². The van der Waals surface area contributed by atoms with E-state index in [9.17, 15) is 4.39 Å². The average molecular weight is 133 g/mol. The highest BCUT2D eigenvalue weighted by Crippen LogP contribution is 2.14. The normalized spacial score (nSPS) is 9.62. The van der Waals surface area contributed by atoms with Crippen molar-refractivity contribution in [2.24, 2.45) is 0 Å². The van der Waals surface area contributed by atoms with Gasteiger partial charge in [0.25, 0.3) is 0 Å². The molecule has 2 nitrogen and oxygen atoms in total. The summed E-state index contributed by atoms with van der Waals surface area (Å²) in [6.07, 6.45) is 0. The Balaban J connectivity index is 2.84. The standard InChI is InChI=1S/C4H4FNOS/c5-1-4-6-3(7)2-8-4/h2,7H,1H2. The first-order valence-corrected chi connectivity index (χ1v) is 2.90. The van der Waals surface area contributed by atoms with Crippen LogP contribution in [0.25, 0.3) is 0 Å². The van der Waals surface area contributed by atoms with Crippen LogP contribution in [0, 0.1) is 0 Å². The number of hydrogen-bond acceptors (Lipinski definition) is 3. The van der Waals surface area contributed by atoms with E-state index in [0.717, 1.165) is 11.3 Å². The lowest BCUT2D eigenvalue weighted by Gasteiger charge is -1.76. The van der Waals surface area contributed by atoms with E-state index in [1.807, 2.05) is 0 Å². The summed E-state index contributed by atoms with van der Waals surface area (Å²) in [5, 5.41) is 10.2. The number of nitrogens with zero attached hydrogens (tertiary/aromatic N) is 1. The number of aromatic hydroxyl groups is 1. The van der Waals surface area contributed by atoms with Crippen molar-refractivity contribution in [3.8, 4) is 5.88 Å². The molecule has 0 saturated heterocycles. The second-order valence-electron chi connectivity index (χ2n) is 1.23. The molecule has 0 spiro atoms. The Kier molecular flexibility index (Phi) is 1.43. The van der Waals surface area contributed by atoms with E-state index in [1.54, 1.807) is 0 Å². The van der Waals surface area contributed by atoms with Crippen LogP contribution < -0.4 is 0 Å². The summed E-state index contributed by atoms with van der Waals surface area (Å²) in [6, 6.07) is 0. The van der Waals surface area contributed by atoms with Gasteiger partial charge in [0.05, 0.1) is 5.38 Å². The Morgan fingerprint density at radius 3 is 2.88 bits per heavy atom. The van der Waals surface area contributed by atoms with Crippen LogP contribution in [0.2, 0.25) is 0 Å². The molecule has 0 unspecified atom stereocenters. The van der Waals surface area contributed by atoms with E-state index >= 15 is 0 Å². The molecule has 1 aromatic rings. The Labute approximate surface area is 49.6 Å². The van der Waals surface area contributed by atoms with Gasteiger partial charge < -0.3 is 5.11 Å². The van der Waals surface area contributed by atoms with Crippen molar-refractivity contribution in [2.45, 2.75) is 6.67 Å². The fourth-order valence-electron chi connectivity index (χ4n) is 0.363. The van der Waals surface area contributed by atoms with E-state index < -0.39 is 6.67 Å². The topological polar surface area (TPSA) is 33.1 Å². The minimum atomic E-state index is -0.592. The highest BCUT2D eigenvalue weighted by Gasteiger charge is 1.95. The summed E-state index contributed by atoms with van der Waals surface area (Å²) in [6.45, 7) is -0.592. The second-order valence-corrected chi connectivity index (χ2v) is 2.18. The van der Waals surface area contributed by atoms with Crippen molar-refractivity contribution in [3.05, 3.63) is 10.4 Å². The minimum absolute atomic E-state index is 0.0948. The first kappa shape index (κ1) is 5.50. The van der Waals surface area contributed by atoms with E-state index in [2.05, 4.69) is 4.98 Å². The van der Waals surface area contributed by atoms with Gasteiger partial charge in [-0.3, -0.25) is 0 Å². The lowest BCUT2D eigenvalue weighted by molar-refractivity contribution is 0.443. The molecule has 0 radical (unpaired) electrons. The predicted octanol–water partition coefficient (Wildman–Crippen LogP) is 1.32. The molecule has 0 saturated carbocycles. The molecule has 8 heavy (non-hydrogen) atoms. The number of aromatic nitrogens is 1. The molecule has 1 heterocycles. The minimum Gasteiger partial charge on any atom is -0.493 e. The summed E-state index contributed by atoms with van der Waals surface area (Å²) >= 11 is 1.11. The zero-order chi connectivity index (χ0) is 5.98. The van der Waals surface area contributed by atoms with Gasteiger partial charge in [-0.25, -0.2) is 9.37 Å². The molecule has 44 valence electrons. The number of hydrogen-bond donors (Lipinski definition) is 1. The molecule has 1 N–H and O–H groups in total. The molecule has 4 heteroatoms. The molecule has 0 aliphatic heterocycles. The van der Waals surface area contributed by atoms with Gasteiger partial charge in [-0.2, -0.15) is 0 Å². The summed E-state index contributed by atoms with van der Waals surface area (Å²) in [5.41, 5.74) is 0. The van der Waals surface area contributed by atoms with Crippen LogP contribution >= 0.6 is 11.3 Å². The summed E-state index contributed by atoms with van der Waals surface area (Å²) < 4.78 is 11.6. The van der Waals surface area contributed by atoms with Crippen molar-refractivity contribution in [2.75, 3.05) is 0 Å². The maximum Gasteiger partial charge on any atom is 0.222 e. The highest BCUT2D eigenvalue weighted by atomic mass is 32.1. The van der Waals surface area contributed by atoms with Crippen LogP contribution in [0.1, 0.15) is 5.01 Å². The average Bonchev–Trinajstić information content (AvgIpc) is 2.14. The molecule has 0 bridgehead atoms. The number of halogens is 1. The van der Waals surface area contributed by atoms with Gasteiger partial charge in [0, 0.05) is 0 Å². The van der Waals surface area contributed by atoms with E-state index in [-0.39, 0.29) is 5.88 Å². The third kappa shape index (κ3) is 0.949. The fraction of sp³-hybridized carbons (Fsp3) is 0.250. The smallest absolute Gasteiger partial charge is 0.222 e. The molecular weight excluding hydrogens is 129 g/mol. The molecule has 1 aromatic heterocycles. The van der Waals surface area contributed by atoms with E-state index in [1.165, 1.54) is 5.38 Å². The van der Waals surface area contributed by atoms with Crippen LogP contribution in [0.3, 0.4) is 0 Å². The Hall–Kier alpha value is -0.640. The van der Waals surface area contributed by atoms with Gasteiger partial charge in [0.2, 0.25) is 5.88 Å². The van der Waals surface area contributed by atoms with Crippen molar-refractivity contribution in [1.82, 2.24) is 4.98 Å². The molecule has 0 amide bonds. The van der Waals surface area contributed by atoms with Crippen molar-refractivity contribution in [3.63, 3.8) is 0 Å². The van der Waals surface area contributed by atoms with Crippen LogP contribution in [-0.2, 0) is 6.67 Å². The molecule has 0 aliphatic rings. The number of rotatable bonds is 1. The Bertz CT molecular complexity index is 176. The quantitative estimate of drug-likeness (QED) is 0.626. The third-order valence-corrected chi connectivity index (χ3v) is 1.46. The maximum absolute atomic E-state index is 11.6. The Morgan fingerprint density at radius 2 is 2.62 bits per heavy atom. The first-order valence-electron chi connectivity index (χ1n) is 2.02. The van der Waals surface area contributed by atoms with Gasteiger partial charge in [-0.1, -0.05) is 0 Å². The molecule has 1 rings (SSSR count). The molecule has 0 aliphatic carbocycles. The summed E-state index contributed by atoms with van der Waals surface area (Å²) in [7, 11) is 0. The van der Waals surface area contributed by atoms with Gasteiger partial charge in [0.1, 0.15) is 11.7 Å². The van der Waals surface area contributed by atoms with Crippen molar-refractivity contribution < 1.29 is 9.50 Å².